The minimum absolute atomic E-state index is 0.370. The van der Waals surface area contributed by atoms with Crippen molar-refractivity contribution in [1.29, 1.82) is 0 Å². The summed E-state index contributed by atoms with van der Waals surface area (Å²) in [5, 5.41) is 3.78. The van der Waals surface area contributed by atoms with Crippen LogP contribution in [-0.2, 0) is 0 Å². The van der Waals surface area contributed by atoms with Crippen molar-refractivity contribution in [2.24, 2.45) is 5.10 Å². The molecule has 0 unspecified atom stereocenters. The van der Waals surface area contributed by atoms with Gasteiger partial charge in [-0.05, 0) is 0 Å². The summed E-state index contributed by atoms with van der Waals surface area (Å²) in [5.74, 6) is 0.417. The Morgan fingerprint density at radius 2 is 1.80 bits per heavy atom. The van der Waals surface area contributed by atoms with Gasteiger partial charge in [-0.15, -0.1) is 5.10 Å². The van der Waals surface area contributed by atoms with Gasteiger partial charge in [0.25, 0.3) is 0 Å². The van der Waals surface area contributed by atoms with Crippen LogP contribution in [-0.4, -0.2) is 11.1 Å². The molecule has 2 rings (SSSR count). The molecule has 1 heterocycles. The van der Waals surface area contributed by atoms with Crippen LogP contribution in [0.3, 0.4) is 0 Å². The summed E-state index contributed by atoms with van der Waals surface area (Å²) >= 11 is 0. The van der Waals surface area contributed by atoms with Crippen molar-refractivity contribution >= 4 is 5.84 Å². The lowest BCUT2D eigenvalue weighted by Crippen LogP contribution is -1.93. The van der Waals surface area contributed by atoms with Crippen LogP contribution in [0, 0.1) is 0 Å². The summed E-state index contributed by atoms with van der Waals surface area (Å²) in [5.41, 5.74) is 0.824. The average Bonchev–Trinajstić information content (AvgIpc) is 2.69. The lowest BCUT2D eigenvalue weighted by atomic mass is 10.2. The van der Waals surface area contributed by atoms with E-state index in [9.17, 15) is 4.48 Å². The van der Waals surface area contributed by atoms with Gasteiger partial charge in [0.05, 0.1) is 0 Å². The van der Waals surface area contributed by atoms with Gasteiger partial charge in [0.15, 0.2) is 0 Å². The van der Waals surface area contributed by atoms with Crippen molar-refractivity contribution in [2.75, 3.05) is 0 Å². The molecule has 0 N–H and O–H groups in total. The van der Waals surface area contributed by atoms with E-state index in [1.54, 1.807) is 0 Å². The molecule has 0 radical (unpaired) electrons. The van der Waals surface area contributed by atoms with Gasteiger partial charge in [0.2, 0.25) is 5.84 Å². The maximum absolute atomic E-state index is 12.1. The molecule has 10 heavy (non-hydrogen) atoms. The SMILES string of the molecule is FN1N=C1c1ccccc1. The van der Waals surface area contributed by atoms with Crippen molar-refractivity contribution in [3.63, 3.8) is 0 Å². The van der Waals surface area contributed by atoms with E-state index in [1.165, 1.54) is 0 Å². The van der Waals surface area contributed by atoms with Crippen molar-refractivity contribution in [2.45, 2.75) is 0 Å². The van der Waals surface area contributed by atoms with Crippen LogP contribution in [0.15, 0.2) is 35.4 Å². The molecule has 1 aromatic carbocycles. The lowest BCUT2D eigenvalue weighted by Gasteiger charge is -1.87. The maximum atomic E-state index is 12.1. The van der Waals surface area contributed by atoms with Gasteiger partial charge >= 0.3 is 0 Å². The summed E-state index contributed by atoms with van der Waals surface area (Å²) in [4.78, 5) is 0. The van der Waals surface area contributed by atoms with E-state index >= 15 is 0 Å². The van der Waals surface area contributed by atoms with Gasteiger partial charge in [0.1, 0.15) is 0 Å². The fourth-order valence-corrected chi connectivity index (χ4v) is 0.812. The zero-order valence-corrected chi connectivity index (χ0v) is 5.16. The third-order valence-electron chi connectivity index (χ3n) is 1.35. The summed E-state index contributed by atoms with van der Waals surface area (Å²) in [6, 6.07) is 9.22. The van der Waals surface area contributed by atoms with Gasteiger partial charge in [-0.25, -0.2) is 0 Å². The highest BCUT2D eigenvalue weighted by Gasteiger charge is 2.25. The van der Waals surface area contributed by atoms with Gasteiger partial charge < -0.3 is 0 Å². The number of rotatable bonds is 1. The quantitative estimate of drug-likeness (QED) is 0.534. The van der Waals surface area contributed by atoms with Gasteiger partial charge in [-0.1, -0.05) is 40.0 Å². The van der Waals surface area contributed by atoms with E-state index < -0.39 is 0 Å². The number of hydrogen-bond acceptors (Lipinski definition) is 2. The Bertz CT molecular complexity index is 268. The van der Waals surface area contributed by atoms with E-state index in [0.717, 1.165) is 5.56 Å². The second-order valence-corrected chi connectivity index (χ2v) is 2.05. The molecule has 0 bridgehead atoms. The van der Waals surface area contributed by atoms with Crippen LogP contribution < -0.4 is 0 Å². The summed E-state index contributed by atoms with van der Waals surface area (Å²) in [7, 11) is 0. The van der Waals surface area contributed by atoms with Crippen molar-refractivity contribution in [3.05, 3.63) is 35.9 Å². The average molecular weight is 136 g/mol. The molecular weight excluding hydrogens is 131 g/mol. The molecule has 0 amide bonds. The second-order valence-electron chi connectivity index (χ2n) is 2.05. The molecule has 1 aromatic rings. The summed E-state index contributed by atoms with van der Waals surface area (Å²) < 4.78 is 12.1. The van der Waals surface area contributed by atoms with E-state index in [4.69, 9.17) is 0 Å². The van der Waals surface area contributed by atoms with Crippen LogP contribution in [0.4, 0.5) is 4.48 Å². The Morgan fingerprint density at radius 3 is 2.30 bits per heavy atom. The zero-order valence-electron chi connectivity index (χ0n) is 5.16. The van der Waals surface area contributed by atoms with Crippen LogP contribution in [0.25, 0.3) is 0 Å². The number of hydrogen-bond donors (Lipinski definition) is 0. The predicted octanol–water partition coefficient (Wildman–Crippen LogP) is 1.55. The highest BCUT2D eigenvalue weighted by atomic mass is 19.2. The molecule has 0 saturated carbocycles. The minimum atomic E-state index is 0.370. The Balaban J connectivity index is 2.29. The third kappa shape index (κ3) is 0.757. The molecule has 0 aliphatic carbocycles. The van der Waals surface area contributed by atoms with Gasteiger partial charge in [0, 0.05) is 5.56 Å². The molecule has 2 nitrogen and oxygen atoms in total. The molecular formula is C7H5FN2. The third-order valence-corrected chi connectivity index (χ3v) is 1.35. The fraction of sp³-hybridized carbons (Fsp3) is 0. The van der Waals surface area contributed by atoms with E-state index in [0.29, 0.717) is 11.1 Å². The Labute approximate surface area is 57.5 Å². The standard InChI is InChI=1S/C7H5FN2/c8-10-7(9-10)6-4-2-1-3-5-6/h1-5H. The van der Waals surface area contributed by atoms with Crippen molar-refractivity contribution in [3.8, 4) is 0 Å². The van der Waals surface area contributed by atoms with Crippen molar-refractivity contribution in [1.82, 2.24) is 5.23 Å². The molecule has 3 heteroatoms. The number of halogens is 1. The second kappa shape index (κ2) is 1.80. The van der Waals surface area contributed by atoms with E-state index in [2.05, 4.69) is 5.10 Å². The number of nitrogens with zero attached hydrogens (tertiary/aromatic N) is 2. The Hall–Kier alpha value is -1.38. The van der Waals surface area contributed by atoms with Gasteiger partial charge in [-0.3, -0.25) is 0 Å². The number of benzene rings is 1. The van der Waals surface area contributed by atoms with E-state index in [-0.39, 0.29) is 0 Å². The molecule has 0 aromatic heterocycles. The summed E-state index contributed by atoms with van der Waals surface area (Å²) in [6.45, 7) is 0. The molecule has 0 atom stereocenters. The Kier molecular flexibility index (Phi) is 0.974. The first-order chi connectivity index (χ1) is 4.88. The normalized spacial score (nSPS) is 14.9. The van der Waals surface area contributed by atoms with Gasteiger partial charge in [-0.2, -0.15) is 0 Å². The number of amidine groups is 1. The Morgan fingerprint density at radius 1 is 1.20 bits per heavy atom. The van der Waals surface area contributed by atoms with Crippen LogP contribution in [0.5, 0.6) is 0 Å². The summed E-state index contributed by atoms with van der Waals surface area (Å²) in [6.07, 6.45) is 0. The molecule has 0 saturated heterocycles. The largest absolute Gasteiger partial charge is 0.213 e. The topological polar surface area (TPSA) is 15.4 Å². The first-order valence-corrected chi connectivity index (χ1v) is 2.98. The maximum Gasteiger partial charge on any atom is 0.213 e. The highest BCUT2D eigenvalue weighted by molar-refractivity contribution is 6.04. The number of hydrazone groups is 1. The predicted molar refractivity (Wildman–Crippen MR) is 35.9 cm³/mol. The molecule has 0 fully saturated rings. The molecule has 1 aliphatic heterocycles. The van der Waals surface area contributed by atoms with Crippen molar-refractivity contribution < 1.29 is 4.48 Å². The monoisotopic (exact) mass is 136 g/mol. The molecule has 0 spiro atoms. The van der Waals surface area contributed by atoms with Crippen LogP contribution >= 0.6 is 0 Å². The van der Waals surface area contributed by atoms with E-state index in [1.807, 2.05) is 30.3 Å². The zero-order chi connectivity index (χ0) is 6.97. The van der Waals surface area contributed by atoms with Crippen LogP contribution in [0.2, 0.25) is 0 Å². The molecule has 50 valence electrons. The highest BCUT2D eigenvalue weighted by Crippen LogP contribution is 2.17. The minimum Gasteiger partial charge on any atom is -0.117 e. The lowest BCUT2D eigenvalue weighted by molar-refractivity contribution is 0.192. The van der Waals surface area contributed by atoms with Crippen LogP contribution in [0.1, 0.15) is 5.56 Å². The first kappa shape index (κ1) is 5.41. The smallest absolute Gasteiger partial charge is 0.117 e. The fourth-order valence-electron chi connectivity index (χ4n) is 0.812. The molecule has 1 aliphatic rings. The first-order valence-electron chi connectivity index (χ1n) is 2.98.